The molecule has 0 radical (unpaired) electrons. The van der Waals surface area contributed by atoms with Crippen molar-refractivity contribution in [2.24, 2.45) is 0 Å². The fourth-order valence-electron chi connectivity index (χ4n) is 2.83. The zero-order valence-corrected chi connectivity index (χ0v) is 14.5. The number of β-amino-alcohol motifs (C(OH)–C–C–N with tert-alkyl or cyclic N) is 1. The van der Waals surface area contributed by atoms with Crippen molar-refractivity contribution in [2.45, 2.75) is 18.6 Å². The van der Waals surface area contributed by atoms with Gasteiger partial charge in [-0.1, -0.05) is 48.5 Å². The van der Waals surface area contributed by atoms with Gasteiger partial charge in [-0.05, 0) is 12.1 Å². The molecule has 7 heteroatoms. The number of benzene rings is 2. The molecule has 2 aromatic carbocycles. The molecule has 1 N–H and O–H groups in total. The van der Waals surface area contributed by atoms with Crippen LogP contribution in [0, 0.1) is 0 Å². The third-order valence-corrected chi connectivity index (χ3v) is 4.18. The van der Waals surface area contributed by atoms with Crippen molar-refractivity contribution in [1.82, 2.24) is 4.90 Å². The zero-order valence-electron chi connectivity index (χ0n) is 14.5. The summed E-state index contributed by atoms with van der Waals surface area (Å²) in [5, 5.41) is 9.87. The standard InChI is InChI=1S/C20H19NO6/c22-15-11-17(19(24)26-13-18(23)14-7-3-1-4-8-14)21(12-15)20(25)27-16-9-5-2-6-10-16/h1-10,15,17,22H,11-13H2/t15-,17-/m1/s1. The lowest BCUT2D eigenvalue weighted by Crippen LogP contribution is -2.43. The maximum atomic E-state index is 12.4. The largest absolute Gasteiger partial charge is 0.456 e. The molecule has 2 aromatic rings. The van der Waals surface area contributed by atoms with Crippen LogP contribution >= 0.6 is 0 Å². The molecule has 0 aliphatic carbocycles. The topological polar surface area (TPSA) is 93.1 Å². The van der Waals surface area contributed by atoms with E-state index >= 15 is 0 Å². The van der Waals surface area contributed by atoms with Gasteiger partial charge in [0.15, 0.2) is 12.4 Å². The van der Waals surface area contributed by atoms with E-state index in [4.69, 9.17) is 9.47 Å². The Bertz CT molecular complexity index is 808. The van der Waals surface area contributed by atoms with E-state index in [0.717, 1.165) is 4.90 Å². The third kappa shape index (κ3) is 4.71. The number of amides is 1. The number of hydrogen-bond acceptors (Lipinski definition) is 6. The second-order valence-corrected chi connectivity index (χ2v) is 6.14. The summed E-state index contributed by atoms with van der Waals surface area (Å²) < 4.78 is 10.3. The number of hydrogen-bond donors (Lipinski definition) is 1. The number of rotatable bonds is 5. The van der Waals surface area contributed by atoms with Crippen molar-refractivity contribution >= 4 is 17.8 Å². The highest BCUT2D eigenvalue weighted by molar-refractivity contribution is 5.98. The molecule has 140 valence electrons. The quantitative estimate of drug-likeness (QED) is 0.640. The minimum atomic E-state index is -1.00. The van der Waals surface area contributed by atoms with Crippen molar-refractivity contribution in [3.63, 3.8) is 0 Å². The number of nitrogens with zero attached hydrogens (tertiary/aromatic N) is 1. The lowest BCUT2D eigenvalue weighted by molar-refractivity contribution is -0.147. The first-order valence-corrected chi connectivity index (χ1v) is 8.51. The second kappa shape index (κ2) is 8.46. The molecule has 1 saturated heterocycles. The number of aliphatic hydroxyl groups is 1. The minimum absolute atomic E-state index is 0.0300. The Morgan fingerprint density at radius 2 is 1.63 bits per heavy atom. The van der Waals surface area contributed by atoms with Crippen LogP contribution in [-0.4, -0.2) is 53.1 Å². The number of para-hydroxylation sites is 1. The van der Waals surface area contributed by atoms with E-state index in [2.05, 4.69) is 0 Å². The monoisotopic (exact) mass is 369 g/mol. The number of esters is 1. The average molecular weight is 369 g/mol. The van der Waals surface area contributed by atoms with Crippen LogP contribution in [0.25, 0.3) is 0 Å². The summed E-state index contributed by atoms with van der Waals surface area (Å²) in [6.07, 6.45) is -1.59. The number of carbonyl (C=O) groups is 3. The molecule has 0 unspecified atom stereocenters. The van der Waals surface area contributed by atoms with Crippen molar-refractivity contribution in [3.05, 3.63) is 66.2 Å². The highest BCUT2D eigenvalue weighted by atomic mass is 16.6. The SMILES string of the molecule is O=C(COC(=O)[C@H]1C[C@@H](O)CN1C(=O)Oc1ccccc1)c1ccccc1. The van der Waals surface area contributed by atoms with Gasteiger partial charge in [0.25, 0.3) is 0 Å². The molecule has 1 aliphatic rings. The lowest BCUT2D eigenvalue weighted by atomic mass is 10.1. The number of ketones is 1. The molecule has 1 heterocycles. The Labute approximate surface area is 156 Å². The first-order valence-electron chi connectivity index (χ1n) is 8.51. The first kappa shape index (κ1) is 18.6. The Kier molecular flexibility index (Phi) is 5.83. The molecule has 1 fully saturated rings. The summed E-state index contributed by atoms with van der Waals surface area (Å²) >= 11 is 0. The van der Waals surface area contributed by atoms with E-state index in [1.807, 2.05) is 0 Å². The average Bonchev–Trinajstić information content (AvgIpc) is 3.09. The summed E-state index contributed by atoms with van der Waals surface area (Å²) in [6, 6.07) is 15.9. The van der Waals surface area contributed by atoms with Crippen molar-refractivity contribution in [3.8, 4) is 5.75 Å². The molecule has 27 heavy (non-hydrogen) atoms. The number of Topliss-reactive ketones (excluding diaryl/α,β-unsaturated/α-hetero) is 1. The highest BCUT2D eigenvalue weighted by Crippen LogP contribution is 2.21. The van der Waals surface area contributed by atoms with Crippen molar-refractivity contribution in [1.29, 1.82) is 0 Å². The van der Waals surface area contributed by atoms with Crippen LogP contribution in [0.3, 0.4) is 0 Å². The maximum Gasteiger partial charge on any atom is 0.416 e. The van der Waals surface area contributed by atoms with Crippen LogP contribution in [-0.2, 0) is 9.53 Å². The predicted octanol–water partition coefficient (Wildman–Crippen LogP) is 2.05. The smallest absolute Gasteiger partial charge is 0.416 e. The summed E-state index contributed by atoms with van der Waals surface area (Å²) in [7, 11) is 0. The molecule has 1 aliphatic heterocycles. The van der Waals surface area contributed by atoms with Crippen LogP contribution in [0.15, 0.2) is 60.7 Å². The summed E-state index contributed by atoms with van der Waals surface area (Å²) in [5.41, 5.74) is 0.428. The molecular formula is C20H19NO6. The molecule has 2 atom stereocenters. The highest BCUT2D eigenvalue weighted by Gasteiger charge is 2.41. The fraction of sp³-hybridized carbons (Fsp3) is 0.250. The van der Waals surface area contributed by atoms with E-state index in [0.29, 0.717) is 11.3 Å². The van der Waals surface area contributed by atoms with Gasteiger partial charge >= 0.3 is 12.1 Å². The van der Waals surface area contributed by atoms with E-state index in [9.17, 15) is 19.5 Å². The van der Waals surface area contributed by atoms with Gasteiger partial charge < -0.3 is 14.6 Å². The van der Waals surface area contributed by atoms with Gasteiger partial charge in [-0.2, -0.15) is 0 Å². The zero-order chi connectivity index (χ0) is 19.2. The number of ether oxygens (including phenoxy) is 2. The first-order chi connectivity index (χ1) is 13.0. The maximum absolute atomic E-state index is 12.4. The van der Waals surface area contributed by atoms with Crippen LogP contribution in [0.4, 0.5) is 4.79 Å². The van der Waals surface area contributed by atoms with E-state index in [1.165, 1.54) is 0 Å². The molecule has 0 bridgehead atoms. The van der Waals surface area contributed by atoms with Crippen LogP contribution in [0.5, 0.6) is 5.75 Å². The van der Waals surface area contributed by atoms with Gasteiger partial charge in [0.1, 0.15) is 11.8 Å². The van der Waals surface area contributed by atoms with Crippen LogP contribution in [0.1, 0.15) is 16.8 Å². The predicted molar refractivity (Wildman–Crippen MR) is 95.3 cm³/mol. The molecule has 3 rings (SSSR count). The Morgan fingerprint density at radius 1 is 1.00 bits per heavy atom. The van der Waals surface area contributed by atoms with Gasteiger partial charge in [0.2, 0.25) is 0 Å². The number of aliphatic hydroxyl groups excluding tert-OH is 1. The molecule has 1 amide bonds. The molecular weight excluding hydrogens is 350 g/mol. The van der Waals surface area contributed by atoms with Crippen LogP contribution in [0.2, 0.25) is 0 Å². The van der Waals surface area contributed by atoms with Crippen LogP contribution < -0.4 is 4.74 Å². The van der Waals surface area contributed by atoms with Gasteiger partial charge in [-0.3, -0.25) is 9.69 Å². The minimum Gasteiger partial charge on any atom is -0.456 e. The van der Waals surface area contributed by atoms with Crippen molar-refractivity contribution in [2.75, 3.05) is 13.2 Å². The third-order valence-electron chi connectivity index (χ3n) is 4.18. The molecule has 0 spiro atoms. The Morgan fingerprint density at radius 3 is 2.30 bits per heavy atom. The Hall–Kier alpha value is -3.19. The Balaban J connectivity index is 1.60. The second-order valence-electron chi connectivity index (χ2n) is 6.14. The number of carbonyl (C=O) groups excluding carboxylic acids is 3. The molecule has 0 aromatic heterocycles. The fourth-order valence-corrected chi connectivity index (χ4v) is 2.83. The van der Waals surface area contributed by atoms with E-state index < -0.39 is 30.8 Å². The van der Waals surface area contributed by atoms with E-state index in [-0.39, 0.29) is 18.7 Å². The van der Waals surface area contributed by atoms with Gasteiger partial charge in [-0.25, -0.2) is 9.59 Å². The number of likely N-dealkylation sites (tertiary alicyclic amines) is 1. The van der Waals surface area contributed by atoms with Gasteiger partial charge in [0, 0.05) is 12.0 Å². The lowest BCUT2D eigenvalue weighted by Gasteiger charge is -2.22. The summed E-state index contributed by atoms with van der Waals surface area (Å²) in [4.78, 5) is 37.9. The summed E-state index contributed by atoms with van der Waals surface area (Å²) in [6.45, 7) is -0.477. The summed E-state index contributed by atoms with van der Waals surface area (Å²) in [5.74, 6) is -0.767. The molecule has 0 saturated carbocycles. The van der Waals surface area contributed by atoms with E-state index in [1.54, 1.807) is 60.7 Å². The van der Waals surface area contributed by atoms with Crippen molar-refractivity contribution < 1.29 is 29.0 Å². The van der Waals surface area contributed by atoms with Gasteiger partial charge in [0.05, 0.1) is 12.6 Å². The van der Waals surface area contributed by atoms with Gasteiger partial charge in [-0.15, -0.1) is 0 Å². The molecule has 7 nitrogen and oxygen atoms in total. The normalized spacial score (nSPS) is 18.8.